The Labute approximate surface area is 120 Å². The minimum Gasteiger partial charge on any atom is -0.465 e. The Hall–Kier alpha value is -1.87. The summed E-state index contributed by atoms with van der Waals surface area (Å²) in [6.45, 7) is 0. The van der Waals surface area contributed by atoms with E-state index in [0.29, 0.717) is 5.57 Å². The number of esters is 1. The Kier molecular flexibility index (Phi) is 4.53. The van der Waals surface area contributed by atoms with E-state index in [4.69, 9.17) is 4.74 Å². The molecular weight excluding hydrogens is 304 g/mol. The van der Waals surface area contributed by atoms with E-state index in [9.17, 15) is 4.79 Å². The zero-order chi connectivity index (χ0) is 13.7. The van der Waals surface area contributed by atoms with Crippen molar-refractivity contribution in [3.05, 3.63) is 70.2 Å². The number of methoxy groups -OCH3 is 1. The molecule has 0 amide bonds. The van der Waals surface area contributed by atoms with E-state index in [-0.39, 0.29) is 5.97 Å². The zero-order valence-corrected chi connectivity index (χ0v) is 12.1. The van der Waals surface area contributed by atoms with Crippen molar-refractivity contribution >= 4 is 33.5 Å². The highest BCUT2D eigenvalue weighted by Crippen LogP contribution is 2.20. The fourth-order valence-electron chi connectivity index (χ4n) is 1.71. The molecule has 2 nitrogen and oxygen atoms in total. The van der Waals surface area contributed by atoms with Crippen molar-refractivity contribution in [3.8, 4) is 0 Å². The zero-order valence-electron chi connectivity index (χ0n) is 10.5. The molecule has 0 fully saturated rings. The van der Waals surface area contributed by atoms with Gasteiger partial charge in [0.15, 0.2) is 0 Å². The monoisotopic (exact) mass is 316 g/mol. The first-order chi connectivity index (χ1) is 9.20. The Morgan fingerprint density at radius 1 is 1.05 bits per heavy atom. The number of rotatable bonds is 3. The van der Waals surface area contributed by atoms with Crippen LogP contribution in [0.2, 0.25) is 0 Å². The summed E-state index contributed by atoms with van der Waals surface area (Å²) in [7, 11) is 1.39. The predicted octanol–water partition coefficient (Wildman–Crippen LogP) is 4.16. The van der Waals surface area contributed by atoms with Crippen molar-refractivity contribution in [2.45, 2.75) is 0 Å². The lowest BCUT2D eigenvalue weighted by Gasteiger charge is -2.06. The third-order valence-electron chi connectivity index (χ3n) is 2.67. The second kappa shape index (κ2) is 6.34. The summed E-state index contributed by atoms with van der Waals surface area (Å²) >= 11 is 3.39. The van der Waals surface area contributed by atoms with Crippen LogP contribution in [0.5, 0.6) is 0 Å². The predicted molar refractivity (Wildman–Crippen MR) is 80.5 cm³/mol. The van der Waals surface area contributed by atoms with E-state index in [1.54, 1.807) is 0 Å². The van der Waals surface area contributed by atoms with Gasteiger partial charge in [0.05, 0.1) is 12.7 Å². The first-order valence-electron chi connectivity index (χ1n) is 5.81. The van der Waals surface area contributed by atoms with Gasteiger partial charge in [0, 0.05) is 4.47 Å². The summed E-state index contributed by atoms with van der Waals surface area (Å²) in [6, 6.07) is 17.2. The normalized spacial score (nSPS) is 11.2. The molecule has 0 unspecified atom stereocenters. The van der Waals surface area contributed by atoms with Gasteiger partial charge < -0.3 is 4.74 Å². The minimum atomic E-state index is -0.339. The van der Waals surface area contributed by atoms with Crippen LogP contribution in [0.25, 0.3) is 11.6 Å². The molecule has 0 radical (unpaired) electrons. The van der Waals surface area contributed by atoms with Crippen molar-refractivity contribution < 1.29 is 9.53 Å². The average molecular weight is 317 g/mol. The molecule has 0 aliphatic rings. The largest absolute Gasteiger partial charge is 0.465 e. The van der Waals surface area contributed by atoms with Crippen LogP contribution in [0.1, 0.15) is 11.1 Å². The van der Waals surface area contributed by atoms with Gasteiger partial charge in [-0.05, 0) is 29.3 Å². The summed E-state index contributed by atoms with van der Waals surface area (Å²) in [6.07, 6.45) is 1.83. The van der Waals surface area contributed by atoms with Crippen LogP contribution in [-0.2, 0) is 9.53 Å². The molecule has 3 heteroatoms. The van der Waals surface area contributed by atoms with Gasteiger partial charge in [-0.15, -0.1) is 0 Å². The summed E-state index contributed by atoms with van der Waals surface area (Å²) < 4.78 is 5.85. The van der Waals surface area contributed by atoms with E-state index >= 15 is 0 Å². The Morgan fingerprint density at radius 3 is 2.26 bits per heavy atom. The molecule has 0 aliphatic heterocycles. The molecule has 0 aliphatic carbocycles. The molecule has 0 saturated carbocycles. The van der Waals surface area contributed by atoms with Crippen LogP contribution in [0.4, 0.5) is 0 Å². The number of ether oxygens (including phenoxy) is 1. The second-order valence-corrected chi connectivity index (χ2v) is 4.88. The van der Waals surface area contributed by atoms with Crippen molar-refractivity contribution in [3.63, 3.8) is 0 Å². The van der Waals surface area contributed by atoms with E-state index < -0.39 is 0 Å². The van der Waals surface area contributed by atoms with Crippen LogP contribution >= 0.6 is 15.9 Å². The highest BCUT2D eigenvalue weighted by Gasteiger charge is 2.11. The summed E-state index contributed by atoms with van der Waals surface area (Å²) in [5.74, 6) is -0.339. The average Bonchev–Trinajstić information content (AvgIpc) is 2.47. The molecule has 0 heterocycles. The molecule has 96 valence electrons. The van der Waals surface area contributed by atoms with Gasteiger partial charge in [-0.2, -0.15) is 0 Å². The third-order valence-corrected chi connectivity index (χ3v) is 3.20. The number of benzene rings is 2. The quantitative estimate of drug-likeness (QED) is 0.483. The van der Waals surface area contributed by atoms with E-state index in [0.717, 1.165) is 15.6 Å². The lowest BCUT2D eigenvalue weighted by Crippen LogP contribution is -2.03. The summed E-state index contributed by atoms with van der Waals surface area (Å²) in [5.41, 5.74) is 2.34. The lowest BCUT2D eigenvalue weighted by atomic mass is 10.0. The molecular formula is C16H13BrO2. The first kappa shape index (κ1) is 13.6. The fraction of sp³-hybridized carbons (Fsp3) is 0.0625. The number of hydrogen-bond donors (Lipinski definition) is 0. The van der Waals surface area contributed by atoms with Crippen molar-refractivity contribution in [2.24, 2.45) is 0 Å². The standard InChI is InChI=1S/C16H13BrO2/c1-19-16(18)15(13-5-3-2-4-6-13)11-12-7-9-14(17)10-8-12/h2-11H,1H3/b15-11+. The Morgan fingerprint density at radius 2 is 1.68 bits per heavy atom. The molecule has 0 bridgehead atoms. The van der Waals surface area contributed by atoms with Gasteiger partial charge in [0.1, 0.15) is 0 Å². The maximum absolute atomic E-state index is 11.9. The first-order valence-corrected chi connectivity index (χ1v) is 6.61. The topological polar surface area (TPSA) is 26.3 Å². The molecule has 19 heavy (non-hydrogen) atoms. The SMILES string of the molecule is COC(=O)/C(=C/c1ccc(Br)cc1)c1ccccc1. The van der Waals surface area contributed by atoms with Crippen molar-refractivity contribution in [1.29, 1.82) is 0 Å². The van der Waals surface area contributed by atoms with Gasteiger partial charge in [-0.3, -0.25) is 0 Å². The van der Waals surface area contributed by atoms with Gasteiger partial charge in [0.25, 0.3) is 0 Å². The Balaban J connectivity index is 2.44. The molecule has 2 aromatic rings. The molecule has 0 spiro atoms. The van der Waals surface area contributed by atoms with Crippen LogP contribution in [0, 0.1) is 0 Å². The lowest BCUT2D eigenvalue weighted by molar-refractivity contribution is -0.133. The highest BCUT2D eigenvalue weighted by molar-refractivity contribution is 9.10. The summed E-state index contributed by atoms with van der Waals surface area (Å²) in [5, 5.41) is 0. The molecule has 0 N–H and O–H groups in total. The van der Waals surface area contributed by atoms with Crippen LogP contribution in [-0.4, -0.2) is 13.1 Å². The van der Waals surface area contributed by atoms with Crippen LogP contribution in [0.3, 0.4) is 0 Å². The number of carbonyl (C=O) groups excluding carboxylic acids is 1. The van der Waals surface area contributed by atoms with Gasteiger partial charge in [-0.25, -0.2) is 4.79 Å². The molecule has 2 aromatic carbocycles. The second-order valence-electron chi connectivity index (χ2n) is 3.97. The van der Waals surface area contributed by atoms with Gasteiger partial charge >= 0.3 is 5.97 Å². The van der Waals surface area contributed by atoms with Crippen LogP contribution < -0.4 is 0 Å². The van der Waals surface area contributed by atoms with Crippen molar-refractivity contribution in [2.75, 3.05) is 7.11 Å². The molecule has 0 saturated heterocycles. The maximum atomic E-state index is 11.9. The summed E-state index contributed by atoms with van der Waals surface area (Å²) in [4.78, 5) is 11.9. The fourth-order valence-corrected chi connectivity index (χ4v) is 1.98. The maximum Gasteiger partial charge on any atom is 0.338 e. The van der Waals surface area contributed by atoms with E-state index in [1.807, 2.05) is 60.7 Å². The molecule has 2 rings (SSSR count). The number of carbonyl (C=O) groups is 1. The minimum absolute atomic E-state index is 0.339. The molecule has 0 aromatic heterocycles. The van der Waals surface area contributed by atoms with Crippen molar-refractivity contribution in [1.82, 2.24) is 0 Å². The van der Waals surface area contributed by atoms with E-state index in [2.05, 4.69) is 15.9 Å². The highest BCUT2D eigenvalue weighted by atomic mass is 79.9. The molecule has 0 atom stereocenters. The third kappa shape index (κ3) is 3.55. The Bertz CT molecular complexity index is 586. The number of hydrogen-bond acceptors (Lipinski definition) is 2. The van der Waals surface area contributed by atoms with Crippen LogP contribution in [0.15, 0.2) is 59.1 Å². The van der Waals surface area contributed by atoms with Gasteiger partial charge in [-0.1, -0.05) is 58.4 Å². The van der Waals surface area contributed by atoms with Gasteiger partial charge in [0.2, 0.25) is 0 Å². The van der Waals surface area contributed by atoms with E-state index in [1.165, 1.54) is 7.11 Å². The number of halogens is 1. The smallest absolute Gasteiger partial charge is 0.338 e.